The third-order valence-corrected chi connectivity index (χ3v) is 5.07. The van der Waals surface area contributed by atoms with Crippen LogP contribution in [0.2, 0.25) is 0 Å². The van der Waals surface area contributed by atoms with E-state index in [4.69, 9.17) is 18.3 Å². The van der Waals surface area contributed by atoms with Crippen molar-refractivity contribution in [2.75, 3.05) is 0 Å². The summed E-state index contributed by atoms with van der Waals surface area (Å²) in [5, 5.41) is 1.01. The molecule has 0 atom stereocenters. The maximum Gasteiger partial charge on any atom is 0.206 e. The van der Waals surface area contributed by atoms with Gasteiger partial charge in [0.15, 0.2) is 16.6 Å². The molecule has 5 aromatic rings. The highest BCUT2D eigenvalue weighted by Crippen LogP contribution is 2.42. The molecule has 31 heavy (non-hydrogen) atoms. The fourth-order valence-corrected chi connectivity index (χ4v) is 3.63. The number of benzene rings is 3. The van der Waals surface area contributed by atoms with E-state index in [1.807, 2.05) is 60.7 Å². The molecule has 0 aliphatic rings. The van der Waals surface area contributed by atoms with E-state index in [1.165, 1.54) is 6.07 Å². The summed E-state index contributed by atoms with van der Waals surface area (Å²) in [6.45, 7) is 2.36. The maximum atomic E-state index is 13.0. The summed E-state index contributed by atoms with van der Waals surface area (Å²) in [5.41, 5.74) is 2.61. The fraction of sp³-hybridized carbons (Fsp3) is 0.115. The zero-order valence-electron chi connectivity index (χ0n) is 17.0. The monoisotopic (exact) mass is 412 g/mol. The van der Waals surface area contributed by atoms with E-state index in [9.17, 15) is 4.79 Å². The molecule has 0 unspecified atom stereocenters. The first-order valence-corrected chi connectivity index (χ1v) is 10.0. The SMILES string of the molecule is Cc1cc(=O)c2c(OCc3ccccc3)c3ccoc3c(OCc3ccccc3)c2o1. The van der Waals surface area contributed by atoms with Gasteiger partial charge >= 0.3 is 0 Å². The van der Waals surface area contributed by atoms with Gasteiger partial charge in [0.1, 0.15) is 30.1 Å². The van der Waals surface area contributed by atoms with Crippen molar-refractivity contribution >= 4 is 21.9 Å². The lowest BCUT2D eigenvalue weighted by Gasteiger charge is -2.14. The highest BCUT2D eigenvalue weighted by molar-refractivity contribution is 6.06. The number of hydrogen-bond donors (Lipinski definition) is 0. The van der Waals surface area contributed by atoms with Gasteiger partial charge in [-0.05, 0) is 24.1 Å². The lowest BCUT2D eigenvalue weighted by molar-refractivity contribution is 0.299. The van der Waals surface area contributed by atoms with Crippen LogP contribution in [0.1, 0.15) is 16.9 Å². The van der Waals surface area contributed by atoms with Crippen molar-refractivity contribution in [1.29, 1.82) is 0 Å². The lowest BCUT2D eigenvalue weighted by atomic mass is 10.1. The van der Waals surface area contributed by atoms with Crippen LogP contribution >= 0.6 is 0 Å². The van der Waals surface area contributed by atoms with Gasteiger partial charge < -0.3 is 18.3 Å². The van der Waals surface area contributed by atoms with Crippen molar-refractivity contribution in [3.05, 3.63) is 106 Å². The maximum absolute atomic E-state index is 13.0. The van der Waals surface area contributed by atoms with Crippen LogP contribution in [-0.4, -0.2) is 0 Å². The van der Waals surface area contributed by atoms with Gasteiger partial charge in [0, 0.05) is 6.07 Å². The standard InChI is InChI=1S/C26H20O5/c1-17-14-21(27)22-23(29-15-18-8-4-2-5-9-18)20-12-13-28-24(20)26(25(22)31-17)30-16-19-10-6-3-7-11-19/h2-14H,15-16H2,1H3. The molecule has 3 aromatic carbocycles. The highest BCUT2D eigenvalue weighted by Gasteiger charge is 2.23. The second kappa shape index (κ2) is 8.03. The van der Waals surface area contributed by atoms with Crippen molar-refractivity contribution in [3.63, 3.8) is 0 Å². The molecule has 5 rings (SSSR count). The first-order valence-electron chi connectivity index (χ1n) is 10.0. The van der Waals surface area contributed by atoms with Crippen molar-refractivity contribution < 1.29 is 18.3 Å². The van der Waals surface area contributed by atoms with Gasteiger partial charge in [-0.2, -0.15) is 0 Å². The minimum Gasteiger partial charge on any atom is -0.487 e. The number of hydrogen-bond acceptors (Lipinski definition) is 5. The van der Waals surface area contributed by atoms with Crippen molar-refractivity contribution in [1.82, 2.24) is 0 Å². The molecule has 0 spiro atoms. The van der Waals surface area contributed by atoms with Gasteiger partial charge in [0.2, 0.25) is 5.75 Å². The van der Waals surface area contributed by atoms with E-state index in [1.54, 1.807) is 19.3 Å². The van der Waals surface area contributed by atoms with E-state index in [0.29, 0.717) is 52.4 Å². The van der Waals surface area contributed by atoms with E-state index in [2.05, 4.69) is 0 Å². The summed E-state index contributed by atoms with van der Waals surface area (Å²) in [5.74, 6) is 1.32. The second-order valence-corrected chi connectivity index (χ2v) is 7.30. The molecule has 2 aromatic heterocycles. The predicted molar refractivity (Wildman–Crippen MR) is 119 cm³/mol. The first-order chi connectivity index (χ1) is 15.2. The fourth-order valence-electron chi connectivity index (χ4n) is 3.63. The molecular weight excluding hydrogens is 392 g/mol. The molecule has 5 nitrogen and oxygen atoms in total. The molecule has 0 aliphatic heterocycles. The molecule has 0 amide bonds. The normalized spacial score (nSPS) is 11.1. The van der Waals surface area contributed by atoms with Crippen LogP contribution in [0.5, 0.6) is 11.5 Å². The molecule has 0 fully saturated rings. The van der Waals surface area contributed by atoms with Gasteiger partial charge in [-0.3, -0.25) is 4.79 Å². The molecule has 0 saturated heterocycles. The Morgan fingerprint density at radius 3 is 2.03 bits per heavy atom. The van der Waals surface area contributed by atoms with E-state index < -0.39 is 0 Å². The summed E-state index contributed by atoms with van der Waals surface area (Å²) < 4.78 is 24.0. The summed E-state index contributed by atoms with van der Waals surface area (Å²) in [6, 6.07) is 22.8. The topological polar surface area (TPSA) is 61.8 Å². The molecule has 0 aliphatic carbocycles. The van der Waals surface area contributed by atoms with Gasteiger partial charge in [0.05, 0.1) is 11.6 Å². The first kappa shape index (κ1) is 19.0. The number of ether oxygens (including phenoxy) is 2. The smallest absolute Gasteiger partial charge is 0.206 e. The Morgan fingerprint density at radius 2 is 1.39 bits per heavy atom. The quantitative estimate of drug-likeness (QED) is 0.342. The van der Waals surface area contributed by atoms with Crippen LogP contribution in [0, 0.1) is 6.92 Å². The summed E-state index contributed by atoms with van der Waals surface area (Å²) in [7, 11) is 0. The lowest BCUT2D eigenvalue weighted by Crippen LogP contribution is -2.07. The van der Waals surface area contributed by atoms with Gasteiger partial charge in [-0.15, -0.1) is 0 Å². The van der Waals surface area contributed by atoms with Crippen LogP contribution < -0.4 is 14.9 Å². The largest absolute Gasteiger partial charge is 0.487 e. The Balaban J connectivity index is 1.65. The molecule has 0 saturated carbocycles. The van der Waals surface area contributed by atoms with Gasteiger partial charge in [0.25, 0.3) is 0 Å². The molecule has 0 radical (unpaired) electrons. The average Bonchev–Trinajstić information content (AvgIpc) is 3.27. The summed E-state index contributed by atoms with van der Waals surface area (Å²) in [6.07, 6.45) is 1.56. The molecule has 0 bridgehead atoms. The number of rotatable bonds is 6. The molecule has 154 valence electrons. The van der Waals surface area contributed by atoms with Crippen LogP contribution in [-0.2, 0) is 13.2 Å². The van der Waals surface area contributed by atoms with Gasteiger partial charge in [-0.25, -0.2) is 0 Å². The Hall–Kier alpha value is -3.99. The summed E-state index contributed by atoms with van der Waals surface area (Å²) in [4.78, 5) is 13.0. The van der Waals surface area contributed by atoms with Crippen molar-refractivity contribution in [2.45, 2.75) is 20.1 Å². The number of furan rings is 1. The third kappa shape index (κ3) is 3.66. The molecule has 0 N–H and O–H groups in total. The van der Waals surface area contributed by atoms with Crippen LogP contribution in [0.15, 0.2) is 92.7 Å². The van der Waals surface area contributed by atoms with Crippen LogP contribution in [0.25, 0.3) is 21.9 Å². The van der Waals surface area contributed by atoms with Crippen molar-refractivity contribution in [3.8, 4) is 11.5 Å². The zero-order valence-corrected chi connectivity index (χ0v) is 17.0. The third-order valence-electron chi connectivity index (χ3n) is 5.07. The average molecular weight is 412 g/mol. The van der Waals surface area contributed by atoms with E-state index in [-0.39, 0.29) is 5.43 Å². The molecular formula is C26H20O5. The second-order valence-electron chi connectivity index (χ2n) is 7.30. The minimum absolute atomic E-state index is 0.186. The van der Waals surface area contributed by atoms with E-state index >= 15 is 0 Å². The predicted octanol–water partition coefficient (Wildman–Crippen LogP) is 6.01. The van der Waals surface area contributed by atoms with Crippen LogP contribution in [0.3, 0.4) is 0 Å². The Morgan fingerprint density at radius 1 is 0.774 bits per heavy atom. The number of aryl methyl sites for hydroxylation is 1. The Kier molecular flexibility index (Phi) is 4.92. The highest BCUT2D eigenvalue weighted by atomic mass is 16.5. The molecule has 2 heterocycles. The van der Waals surface area contributed by atoms with E-state index in [0.717, 1.165) is 11.1 Å². The van der Waals surface area contributed by atoms with Crippen LogP contribution in [0.4, 0.5) is 0 Å². The van der Waals surface area contributed by atoms with Crippen molar-refractivity contribution in [2.24, 2.45) is 0 Å². The minimum atomic E-state index is -0.186. The Labute approximate surface area is 178 Å². The molecule has 5 heteroatoms. The van der Waals surface area contributed by atoms with Gasteiger partial charge in [-0.1, -0.05) is 60.7 Å². The zero-order chi connectivity index (χ0) is 21.2. The number of fused-ring (bicyclic) bond motifs is 2. The summed E-state index contributed by atoms with van der Waals surface area (Å²) >= 11 is 0. The Bertz CT molecular complexity index is 1400.